The van der Waals surface area contributed by atoms with Crippen LogP contribution in [0.2, 0.25) is 0 Å². The molecule has 0 aliphatic carbocycles. The molecule has 19 heavy (non-hydrogen) atoms. The van der Waals surface area contributed by atoms with Gasteiger partial charge in [0.15, 0.2) is 5.13 Å². The van der Waals surface area contributed by atoms with E-state index in [0.717, 1.165) is 0 Å². The highest BCUT2D eigenvalue weighted by atomic mass is 32.1. The predicted octanol–water partition coefficient (Wildman–Crippen LogP) is 1.94. The van der Waals surface area contributed by atoms with Crippen LogP contribution in [0.15, 0.2) is 5.38 Å². The number of carbonyl (C=O) groups is 1. The third kappa shape index (κ3) is 7.02. The van der Waals surface area contributed by atoms with Crippen LogP contribution < -0.4 is 5.32 Å². The highest BCUT2D eigenvalue weighted by molar-refractivity contribution is 7.13. The van der Waals surface area contributed by atoms with E-state index in [1.54, 1.807) is 12.3 Å². The molecule has 0 aromatic carbocycles. The highest BCUT2D eigenvalue weighted by Crippen LogP contribution is 2.15. The second-order valence-electron chi connectivity index (χ2n) is 3.52. The van der Waals surface area contributed by atoms with Crippen LogP contribution in [0.3, 0.4) is 0 Å². The number of halogens is 2. The Hall–Kier alpha value is -1.28. The summed E-state index contributed by atoms with van der Waals surface area (Å²) in [6.45, 7) is 2.09. The van der Waals surface area contributed by atoms with Gasteiger partial charge >= 0.3 is 5.97 Å². The summed E-state index contributed by atoms with van der Waals surface area (Å²) in [5.41, 5.74) is 0.624. The number of hydrogen-bond acceptors (Lipinski definition) is 6. The monoisotopic (exact) mass is 294 g/mol. The molecule has 0 saturated heterocycles. The number of hydrogen-bond donors (Lipinski definition) is 1. The molecule has 0 radical (unpaired) electrons. The minimum Gasteiger partial charge on any atom is -0.466 e. The Morgan fingerprint density at radius 2 is 2.37 bits per heavy atom. The maximum atomic E-state index is 11.8. The summed E-state index contributed by atoms with van der Waals surface area (Å²) in [5.74, 6) is -0.320. The zero-order valence-electron chi connectivity index (χ0n) is 10.5. The second kappa shape index (κ2) is 8.76. The van der Waals surface area contributed by atoms with Gasteiger partial charge in [0, 0.05) is 11.9 Å². The van der Waals surface area contributed by atoms with Crippen LogP contribution in [0, 0.1) is 0 Å². The summed E-state index contributed by atoms with van der Waals surface area (Å²) in [7, 11) is 0. The summed E-state index contributed by atoms with van der Waals surface area (Å²) in [6.07, 6.45) is -2.32. The fourth-order valence-electron chi connectivity index (χ4n) is 1.23. The summed E-state index contributed by atoms with van der Waals surface area (Å²) in [6, 6.07) is 0. The lowest BCUT2D eigenvalue weighted by atomic mass is 10.3. The van der Waals surface area contributed by atoms with Gasteiger partial charge in [-0.25, -0.2) is 13.8 Å². The molecule has 1 aromatic heterocycles. The first-order valence-electron chi connectivity index (χ1n) is 5.81. The van der Waals surface area contributed by atoms with E-state index in [1.165, 1.54) is 11.3 Å². The van der Waals surface area contributed by atoms with Crippen molar-refractivity contribution in [2.45, 2.75) is 19.8 Å². The van der Waals surface area contributed by atoms with Crippen LogP contribution in [0.5, 0.6) is 0 Å². The van der Waals surface area contributed by atoms with Crippen molar-refractivity contribution in [1.29, 1.82) is 0 Å². The minimum absolute atomic E-state index is 0.133. The average molecular weight is 294 g/mol. The Balaban J connectivity index is 2.21. The Morgan fingerprint density at radius 3 is 3.05 bits per heavy atom. The van der Waals surface area contributed by atoms with Crippen LogP contribution in [0.25, 0.3) is 0 Å². The number of thiazole rings is 1. The molecule has 0 fully saturated rings. The molecule has 1 N–H and O–H groups in total. The number of rotatable bonds is 9. The van der Waals surface area contributed by atoms with E-state index in [4.69, 9.17) is 9.47 Å². The van der Waals surface area contributed by atoms with Crippen molar-refractivity contribution in [1.82, 2.24) is 4.98 Å². The lowest BCUT2D eigenvalue weighted by molar-refractivity contribution is -0.142. The average Bonchev–Trinajstić information content (AvgIpc) is 2.76. The lowest BCUT2D eigenvalue weighted by Gasteiger charge is -2.04. The van der Waals surface area contributed by atoms with Gasteiger partial charge in [0.25, 0.3) is 6.43 Å². The van der Waals surface area contributed by atoms with Gasteiger partial charge in [-0.15, -0.1) is 11.3 Å². The molecule has 0 aliphatic rings. The largest absolute Gasteiger partial charge is 0.466 e. The van der Waals surface area contributed by atoms with E-state index in [1.807, 2.05) is 0 Å². The molecule has 0 unspecified atom stereocenters. The number of alkyl halides is 2. The number of ether oxygens (including phenoxy) is 2. The van der Waals surface area contributed by atoms with Crippen molar-refractivity contribution in [2.24, 2.45) is 0 Å². The first-order chi connectivity index (χ1) is 9.11. The van der Waals surface area contributed by atoms with Crippen molar-refractivity contribution in [3.63, 3.8) is 0 Å². The van der Waals surface area contributed by atoms with Gasteiger partial charge in [0.2, 0.25) is 0 Å². The Morgan fingerprint density at radius 1 is 1.58 bits per heavy atom. The van der Waals surface area contributed by atoms with E-state index in [-0.39, 0.29) is 19.0 Å². The van der Waals surface area contributed by atoms with Crippen LogP contribution in [0.4, 0.5) is 13.9 Å². The van der Waals surface area contributed by atoms with Crippen molar-refractivity contribution < 1.29 is 23.0 Å². The SMILES string of the molecule is CCOC(=O)Cc1csc(NCCOCC(F)F)n1. The van der Waals surface area contributed by atoms with Gasteiger partial charge in [-0.05, 0) is 6.92 Å². The third-order valence-electron chi connectivity index (χ3n) is 1.95. The molecule has 1 aromatic rings. The van der Waals surface area contributed by atoms with E-state index in [9.17, 15) is 13.6 Å². The minimum atomic E-state index is -2.45. The molecule has 0 saturated carbocycles. The molecule has 0 spiro atoms. The Kier molecular flexibility index (Phi) is 7.27. The van der Waals surface area contributed by atoms with E-state index in [0.29, 0.717) is 24.0 Å². The van der Waals surface area contributed by atoms with Crippen LogP contribution in [-0.2, 0) is 20.7 Å². The summed E-state index contributed by atoms with van der Waals surface area (Å²) >= 11 is 1.34. The molecule has 1 heterocycles. The van der Waals surface area contributed by atoms with Gasteiger partial charge in [-0.1, -0.05) is 0 Å². The normalized spacial score (nSPS) is 10.7. The number of nitrogens with zero attached hydrogens (tertiary/aromatic N) is 1. The third-order valence-corrected chi connectivity index (χ3v) is 2.80. The molecule has 8 heteroatoms. The Labute approximate surface area is 113 Å². The van der Waals surface area contributed by atoms with Gasteiger partial charge in [-0.3, -0.25) is 4.79 Å². The van der Waals surface area contributed by atoms with E-state index in [2.05, 4.69) is 10.3 Å². The van der Waals surface area contributed by atoms with Gasteiger partial charge in [0.1, 0.15) is 6.61 Å². The molecular formula is C11H16F2N2O3S. The zero-order valence-corrected chi connectivity index (χ0v) is 11.3. The standard InChI is InChI=1S/C11H16F2N2O3S/c1-2-18-10(16)5-8-7-19-11(15-8)14-3-4-17-6-9(12)13/h7,9H,2-6H2,1H3,(H,14,15). The molecule has 0 amide bonds. The second-order valence-corrected chi connectivity index (χ2v) is 4.38. The molecule has 5 nitrogen and oxygen atoms in total. The number of esters is 1. The molecule has 1 rings (SSSR count). The number of carbonyl (C=O) groups excluding carboxylic acids is 1. The number of nitrogens with one attached hydrogen (secondary N) is 1. The summed E-state index contributed by atoms with van der Waals surface area (Å²) in [4.78, 5) is 15.4. The van der Waals surface area contributed by atoms with E-state index >= 15 is 0 Å². The maximum Gasteiger partial charge on any atom is 0.311 e. The topological polar surface area (TPSA) is 60.5 Å². The molecule has 0 aliphatic heterocycles. The van der Waals surface area contributed by atoms with E-state index < -0.39 is 13.0 Å². The maximum absolute atomic E-state index is 11.8. The predicted molar refractivity (Wildman–Crippen MR) is 67.8 cm³/mol. The zero-order chi connectivity index (χ0) is 14.1. The smallest absolute Gasteiger partial charge is 0.311 e. The van der Waals surface area contributed by atoms with Gasteiger partial charge in [-0.2, -0.15) is 0 Å². The fraction of sp³-hybridized carbons (Fsp3) is 0.636. The van der Waals surface area contributed by atoms with Crippen molar-refractivity contribution in [3.8, 4) is 0 Å². The first-order valence-corrected chi connectivity index (χ1v) is 6.69. The Bertz CT molecular complexity index is 388. The quantitative estimate of drug-likeness (QED) is 0.557. The lowest BCUT2D eigenvalue weighted by Crippen LogP contribution is -2.13. The van der Waals surface area contributed by atoms with Crippen LogP contribution in [-0.4, -0.2) is 43.7 Å². The molecule has 0 bridgehead atoms. The highest BCUT2D eigenvalue weighted by Gasteiger charge is 2.08. The van der Waals surface area contributed by atoms with Crippen LogP contribution in [0.1, 0.15) is 12.6 Å². The number of aromatic nitrogens is 1. The van der Waals surface area contributed by atoms with Crippen molar-refractivity contribution in [2.75, 3.05) is 31.7 Å². The van der Waals surface area contributed by atoms with Gasteiger partial charge < -0.3 is 14.8 Å². The number of anilines is 1. The molecule has 0 atom stereocenters. The van der Waals surface area contributed by atoms with Crippen LogP contribution >= 0.6 is 11.3 Å². The van der Waals surface area contributed by atoms with Crippen molar-refractivity contribution >= 4 is 22.4 Å². The first kappa shape index (κ1) is 15.8. The molecular weight excluding hydrogens is 278 g/mol. The molecule has 108 valence electrons. The van der Waals surface area contributed by atoms with Gasteiger partial charge in [0.05, 0.1) is 25.3 Å². The summed E-state index contributed by atoms with van der Waals surface area (Å²) in [5, 5.41) is 5.30. The van der Waals surface area contributed by atoms with Crippen molar-refractivity contribution in [3.05, 3.63) is 11.1 Å². The summed E-state index contributed by atoms with van der Waals surface area (Å²) < 4.78 is 33.1. The fourth-order valence-corrected chi connectivity index (χ4v) is 1.97.